The molecule has 0 bridgehead atoms. The average Bonchev–Trinajstić information content (AvgIpc) is 3.08. The van der Waals surface area contributed by atoms with Gasteiger partial charge in [0.1, 0.15) is 11.4 Å². The van der Waals surface area contributed by atoms with Gasteiger partial charge in [-0.1, -0.05) is 35.9 Å². The number of methoxy groups -OCH3 is 3. The van der Waals surface area contributed by atoms with Crippen molar-refractivity contribution in [1.82, 2.24) is 0 Å². The van der Waals surface area contributed by atoms with E-state index in [4.69, 9.17) is 14.2 Å². The van der Waals surface area contributed by atoms with Gasteiger partial charge in [0, 0.05) is 17.3 Å². The minimum Gasteiger partial charge on any atom is -0.496 e. The zero-order valence-electron chi connectivity index (χ0n) is 18.8. The molecule has 0 atom stereocenters. The van der Waals surface area contributed by atoms with E-state index in [0.717, 1.165) is 5.56 Å². The molecule has 0 fully saturated rings. The van der Waals surface area contributed by atoms with Crippen molar-refractivity contribution in [3.8, 4) is 17.2 Å². The van der Waals surface area contributed by atoms with E-state index in [1.54, 1.807) is 55.6 Å². The molecular weight excluding hydrogens is 420 g/mol. The smallest absolute Gasteiger partial charge is 0.282 e. The Morgan fingerprint density at radius 1 is 0.727 bits per heavy atom. The number of nitrogens with zero attached hydrogens (tertiary/aromatic N) is 1. The molecule has 1 N–H and O–H groups in total. The molecule has 7 heteroatoms. The fourth-order valence-corrected chi connectivity index (χ4v) is 3.73. The summed E-state index contributed by atoms with van der Waals surface area (Å²) in [5.41, 5.74) is 2.99. The van der Waals surface area contributed by atoms with Gasteiger partial charge >= 0.3 is 0 Å². The maximum Gasteiger partial charge on any atom is 0.282 e. The quantitative estimate of drug-likeness (QED) is 0.544. The standard InChI is InChI=1S/C26H24N2O5/c1-16-9-12-18(13-10-16)28-25(29)23(19-7-5-6-8-20(19)31-2)24(26(28)30)27-17-11-14-21(32-3)22(15-17)33-4/h5-15,27H,1-4H3. The zero-order valence-corrected chi connectivity index (χ0v) is 18.8. The summed E-state index contributed by atoms with van der Waals surface area (Å²) in [7, 11) is 4.61. The number of anilines is 2. The number of aryl methyl sites for hydroxylation is 1. The maximum absolute atomic E-state index is 13.6. The minimum atomic E-state index is -0.459. The molecule has 0 spiro atoms. The van der Waals surface area contributed by atoms with Crippen LogP contribution in [0.1, 0.15) is 11.1 Å². The molecule has 0 aromatic heterocycles. The predicted octanol–water partition coefficient (Wildman–Crippen LogP) is 4.42. The van der Waals surface area contributed by atoms with Crippen LogP contribution in [0.4, 0.5) is 11.4 Å². The van der Waals surface area contributed by atoms with E-state index in [1.165, 1.54) is 19.1 Å². The number of amides is 2. The van der Waals surface area contributed by atoms with Crippen LogP contribution in [-0.4, -0.2) is 33.1 Å². The van der Waals surface area contributed by atoms with Crippen molar-refractivity contribution in [2.75, 3.05) is 31.5 Å². The fourth-order valence-electron chi connectivity index (χ4n) is 3.73. The van der Waals surface area contributed by atoms with Crippen LogP contribution in [-0.2, 0) is 9.59 Å². The maximum atomic E-state index is 13.6. The predicted molar refractivity (Wildman–Crippen MR) is 127 cm³/mol. The number of nitrogens with one attached hydrogen (secondary N) is 1. The highest BCUT2D eigenvalue weighted by Gasteiger charge is 2.41. The van der Waals surface area contributed by atoms with Gasteiger partial charge in [0.05, 0.1) is 32.6 Å². The van der Waals surface area contributed by atoms with Crippen LogP contribution < -0.4 is 24.4 Å². The summed E-state index contributed by atoms with van der Waals surface area (Å²) in [5.74, 6) is 0.646. The topological polar surface area (TPSA) is 77.1 Å². The van der Waals surface area contributed by atoms with Crippen molar-refractivity contribution in [2.24, 2.45) is 0 Å². The molecule has 2 amide bonds. The molecule has 1 aliphatic heterocycles. The largest absolute Gasteiger partial charge is 0.496 e. The van der Waals surface area contributed by atoms with Crippen LogP contribution in [0, 0.1) is 6.92 Å². The molecular formula is C26H24N2O5. The van der Waals surface area contributed by atoms with Crippen LogP contribution in [0.15, 0.2) is 72.4 Å². The van der Waals surface area contributed by atoms with E-state index in [0.29, 0.717) is 34.2 Å². The highest BCUT2D eigenvalue weighted by atomic mass is 16.5. The van der Waals surface area contributed by atoms with Crippen molar-refractivity contribution in [1.29, 1.82) is 0 Å². The normalized spacial score (nSPS) is 13.4. The number of rotatable bonds is 7. The summed E-state index contributed by atoms with van der Waals surface area (Å²) in [5, 5.41) is 3.13. The molecule has 0 aliphatic carbocycles. The molecule has 0 radical (unpaired) electrons. The first-order valence-corrected chi connectivity index (χ1v) is 10.3. The molecule has 3 aromatic rings. The Morgan fingerprint density at radius 2 is 1.39 bits per heavy atom. The minimum absolute atomic E-state index is 0.150. The Bertz CT molecular complexity index is 1250. The zero-order chi connectivity index (χ0) is 23.5. The molecule has 0 unspecified atom stereocenters. The fraction of sp³-hybridized carbons (Fsp3) is 0.154. The third-order valence-electron chi connectivity index (χ3n) is 5.41. The van der Waals surface area contributed by atoms with Gasteiger partial charge in [-0.2, -0.15) is 0 Å². The highest BCUT2D eigenvalue weighted by molar-refractivity contribution is 6.46. The van der Waals surface area contributed by atoms with Gasteiger partial charge < -0.3 is 19.5 Å². The first-order valence-electron chi connectivity index (χ1n) is 10.3. The second-order valence-corrected chi connectivity index (χ2v) is 7.43. The molecule has 1 heterocycles. The number of hydrogen-bond donors (Lipinski definition) is 1. The number of hydrogen-bond acceptors (Lipinski definition) is 6. The molecule has 0 saturated heterocycles. The number of ether oxygens (including phenoxy) is 3. The van der Waals surface area contributed by atoms with Crippen LogP contribution in [0.2, 0.25) is 0 Å². The van der Waals surface area contributed by atoms with Crippen molar-refractivity contribution in [3.63, 3.8) is 0 Å². The lowest BCUT2D eigenvalue weighted by Crippen LogP contribution is -2.32. The number of carbonyl (C=O) groups is 2. The summed E-state index contributed by atoms with van der Waals surface area (Å²) >= 11 is 0. The summed E-state index contributed by atoms with van der Waals surface area (Å²) in [6.07, 6.45) is 0. The van der Waals surface area contributed by atoms with Crippen molar-refractivity contribution < 1.29 is 23.8 Å². The van der Waals surface area contributed by atoms with Gasteiger partial charge in [0.2, 0.25) is 0 Å². The Balaban J connectivity index is 1.84. The summed E-state index contributed by atoms with van der Waals surface area (Å²) in [4.78, 5) is 28.3. The second-order valence-electron chi connectivity index (χ2n) is 7.43. The number of benzene rings is 3. The Labute approximate surface area is 192 Å². The van der Waals surface area contributed by atoms with E-state index < -0.39 is 11.8 Å². The van der Waals surface area contributed by atoms with Crippen LogP contribution >= 0.6 is 0 Å². The Hall–Kier alpha value is -4.26. The SMILES string of the molecule is COc1ccc(NC2=C(c3ccccc3OC)C(=O)N(c3ccc(C)cc3)C2=O)cc1OC. The Morgan fingerprint density at radius 3 is 2.06 bits per heavy atom. The molecule has 7 nitrogen and oxygen atoms in total. The van der Waals surface area contributed by atoms with Crippen LogP contribution in [0.25, 0.3) is 5.57 Å². The lowest BCUT2D eigenvalue weighted by molar-refractivity contribution is -0.120. The monoisotopic (exact) mass is 444 g/mol. The number of carbonyl (C=O) groups excluding carboxylic acids is 2. The first-order chi connectivity index (χ1) is 16.0. The van der Waals surface area contributed by atoms with E-state index in [9.17, 15) is 9.59 Å². The van der Waals surface area contributed by atoms with Gasteiger partial charge in [-0.25, -0.2) is 4.90 Å². The Kier molecular flexibility index (Phi) is 6.04. The number of para-hydroxylation sites is 1. The molecule has 3 aromatic carbocycles. The van der Waals surface area contributed by atoms with Crippen LogP contribution in [0.5, 0.6) is 17.2 Å². The third-order valence-corrected chi connectivity index (χ3v) is 5.41. The molecule has 0 saturated carbocycles. The first kappa shape index (κ1) is 22.0. The molecule has 168 valence electrons. The van der Waals surface area contributed by atoms with E-state index in [2.05, 4.69) is 5.32 Å². The van der Waals surface area contributed by atoms with E-state index >= 15 is 0 Å². The summed E-state index contributed by atoms with van der Waals surface area (Å²) < 4.78 is 16.2. The van der Waals surface area contributed by atoms with Crippen LogP contribution in [0.3, 0.4) is 0 Å². The molecule has 4 rings (SSSR count). The third kappa shape index (κ3) is 4.01. The van der Waals surface area contributed by atoms with Crippen molar-refractivity contribution in [3.05, 3.63) is 83.6 Å². The van der Waals surface area contributed by atoms with Gasteiger partial charge in [-0.05, 0) is 37.3 Å². The summed E-state index contributed by atoms with van der Waals surface area (Å²) in [6.45, 7) is 1.94. The molecule has 33 heavy (non-hydrogen) atoms. The highest BCUT2D eigenvalue weighted by Crippen LogP contribution is 2.38. The summed E-state index contributed by atoms with van der Waals surface area (Å²) in [6, 6.07) is 19.5. The van der Waals surface area contributed by atoms with Gasteiger partial charge in [0.15, 0.2) is 11.5 Å². The van der Waals surface area contributed by atoms with Crippen molar-refractivity contribution in [2.45, 2.75) is 6.92 Å². The van der Waals surface area contributed by atoms with Gasteiger partial charge in [-0.3, -0.25) is 9.59 Å². The molecule has 1 aliphatic rings. The lowest BCUT2D eigenvalue weighted by atomic mass is 10.0. The number of imide groups is 1. The van der Waals surface area contributed by atoms with E-state index in [-0.39, 0.29) is 11.3 Å². The van der Waals surface area contributed by atoms with Gasteiger partial charge in [0.25, 0.3) is 11.8 Å². The lowest BCUT2D eigenvalue weighted by Gasteiger charge is -2.16. The second kappa shape index (κ2) is 9.08. The average molecular weight is 444 g/mol. The van der Waals surface area contributed by atoms with E-state index in [1.807, 2.05) is 25.1 Å². The van der Waals surface area contributed by atoms with Crippen molar-refractivity contribution >= 4 is 28.8 Å². The van der Waals surface area contributed by atoms with Gasteiger partial charge in [-0.15, -0.1) is 0 Å².